The molecule has 0 spiro atoms. The largest absolute Gasteiger partial charge is 0.349 e. The van der Waals surface area contributed by atoms with E-state index >= 15 is 0 Å². The summed E-state index contributed by atoms with van der Waals surface area (Å²) >= 11 is 0. The van der Waals surface area contributed by atoms with Crippen molar-refractivity contribution in [3.63, 3.8) is 0 Å². The van der Waals surface area contributed by atoms with Crippen LogP contribution in [0.1, 0.15) is 53.7 Å². The standard InChI is InChI=1S/C26H31N3O3/c1-18-7-6-10-21(15-18)25(31)27-23-11-13-28(14-12-23)26(32)22-16-24(30)29(17-22)19(2)20-8-4-3-5-9-20/h3-10,15,19,22-23H,11-14,16-17H2,1-2H3,(H,27,31). The Morgan fingerprint density at radius 2 is 1.75 bits per heavy atom. The molecule has 2 aliphatic heterocycles. The zero-order valence-corrected chi connectivity index (χ0v) is 18.8. The fraction of sp³-hybridized carbons (Fsp3) is 0.423. The van der Waals surface area contributed by atoms with Crippen molar-refractivity contribution in [2.45, 2.75) is 45.2 Å². The van der Waals surface area contributed by atoms with Crippen LogP contribution in [0.5, 0.6) is 0 Å². The van der Waals surface area contributed by atoms with E-state index in [9.17, 15) is 14.4 Å². The highest BCUT2D eigenvalue weighted by atomic mass is 16.2. The Morgan fingerprint density at radius 1 is 1.03 bits per heavy atom. The number of carbonyl (C=O) groups is 3. The van der Waals surface area contributed by atoms with Crippen molar-refractivity contribution in [1.82, 2.24) is 15.1 Å². The van der Waals surface area contributed by atoms with Crippen molar-refractivity contribution in [2.75, 3.05) is 19.6 Å². The zero-order chi connectivity index (χ0) is 22.7. The van der Waals surface area contributed by atoms with Gasteiger partial charge in [0.25, 0.3) is 5.91 Å². The summed E-state index contributed by atoms with van der Waals surface area (Å²) in [5.41, 5.74) is 2.81. The Balaban J connectivity index is 1.29. The molecule has 0 aromatic heterocycles. The van der Waals surface area contributed by atoms with E-state index in [1.165, 1.54) is 0 Å². The Kier molecular flexibility index (Phi) is 6.58. The van der Waals surface area contributed by atoms with Crippen molar-refractivity contribution >= 4 is 17.7 Å². The number of hydrogen-bond donors (Lipinski definition) is 1. The molecule has 2 unspecified atom stereocenters. The summed E-state index contributed by atoms with van der Waals surface area (Å²) < 4.78 is 0. The second-order valence-corrected chi connectivity index (χ2v) is 8.98. The zero-order valence-electron chi connectivity index (χ0n) is 18.8. The first kappa shape index (κ1) is 22.1. The first-order valence-electron chi connectivity index (χ1n) is 11.4. The van der Waals surface area contributed by atoms with Crippen LogP contribution < -0.4 is 5.32 Å². The van der Waals surface area contributed by atoms with Gasteiger partial charge in [-0.25, -0.2) is 0 Å². The summed E-state index contributed by atoms with van der Waals surface area (Å²) in [6.07, 6.45) is 1.74. The van der Waals surface area contributed by atoms with Crippen LogP contribution in [0.15, 0.2) is 54.6 Å². The summed E-state index contributed by atoms with van der Waals surface area (Å²) in [6, 6.07) is 17.5. The summed E-state index contributed by atoms with van der Waals surface area (Å²) in [5, 5.41) is 3.10. The van der Waals surface area contributed by atoms with Crippen molar-refractivity contribution in [3.05, 3.63) is 71.3 Å². The molecule has 0 saturated carbocycles. The molecular formula is C26H31N3O3. The van der Waals surface area contributed by atoms with E-state index in [0.29, 0.717) is 25.2 Å². The number of piperidine rings is 1. The van der Waals surface area contributed by atoms with Crippen LogP contribution >= 0.6 is 0 Å². The lowest BCUT2D eigenvalue weighted by Gasteiger charge is -2.34. The van der Waals surface area contributed by atoms with Crippen LogP contribution in [0.2, 0.25) is 0 Å². The number of hydrogen-bond acceptors (Lipinski definition) is 3. The van der Waals surface area contributed by atoms with E-state index in [1.54, 1.807) is 0 Å². The molecule has 0 aliphatic carbocycles. The minimum Gasteiger partial charge on any atom is -0.349 e. The minimum absolute atomic E-state index is 0.0379. The molecule has 2 heterocycles. The first-order chi connectivity index (χ1) is 15.4. The average molecular weight is 434 g/mol. The van der Waals surface area contributed by atoms with E-state index in [2.05, 4.69) is 5.32 Å². The Labute approximate surface area is 189 Å². The highest BCUT2D eigenvalue weighted by Crippen LogP contribution is 2.30. The fourth-order valence-corrected chi connectivity index (χ4v) is 4.74. The molecule has 0 bridgehead atoms. The van der Waals surface area contributed by atoms with E-state index < -0.39 is 0 Å². The van der Waals surface area contributed by atoms with Gasteiger partial charge in [-0.05, 0) is 44.4 Å². The van der Waals surface area contributed by atoms with Crippen LogP contribution in [0.25, 0.3) is 0 Å². The Hall–Kier alpha value is -3.15. The lowest BCUT2D eigenvalue weighted by molar-refractivity contribution is -0.136. The quantitative estimate of drug-likeness (QED) is 0.786. The molecule has 0 radical (unpaired) electrons. The smallest absolute Gasteiger partial charge is 0.251 e. The van der Waals surface area contributed by atoms with Gasteiger partial charge in [-0.1, -0.05) is 48.0 Å². The summed E-state index contributed by atoms with van der Waals surface area (Å²) in [6.45, 7) is 5.67. The van der Waals surface area contributed by atoms with Gasteiger partial charge in [0.05, 0.1) is 12.0 Å². The third-order valence-electron chi connectivity index (χ3n) is 6.68. The van der Waals surface area contributed by atoms with Crippen LogP contribution in [0.3, 0.4) is 0 Å². The lowest BCUT2D eigenvalue weighted by atomic mass is 10.0. The van der Waals surface area contributed by atoms with Gasteiger partial charge in [0, 0.05) is 37.7 Å². The number of nitrogens with one attached hydrogen (secondary N) is 1. The maximum atomic E-state index is 13.1. The summed E-state index contributed by atoms with van der Waals surface area (Å²) in [5.74, 6) is -0.248. The van der Waals surface area contributed by atoms with E-state index in [1.807, 2.05) is 78.2 Å². The monoisotopic (exact) mass is 433 g/mol. The third-order valence-corrected chi connectivity index (χ3v) is 6.68. The number of amides is 3. The fourth-order valence-electron chi connectivity index (χ4n) is 4.74. The van der Waals surface area contributed by atoms with Crippen LogP contribution in [-0.4, -0.2) is 53.2 Å². The highest BCUT2D eigenvalue weighted by molar-refractivity contribution is 5.94. The summed E-state index contributed by atoms with van der Waals surface area (Å²) in [7, 11) is 0. The predicted octanol–water partition coefficient (Wildman–Crippen LogP) is 3.33. The molecule has 2 atom stereocenters. The Bertz CT molecular complexity index is 983. The Morgan fingerprint density at radius 3 is 2.44 bits per heavy atom. The maximum absolute atomic E-state index is 13.1. The normalized spacial score (nSPS) is 20.3. The molecular weight excluding hydrogens is 402 g/mol. The van der Waals surface area contributed by atoms with Crippen molar-refractivity contribution < 1.29 is 14.4 Å². The SMILES string of the molecule is Cc1cccc(C(=O)NC2CCN(C(=O)C3CC(=O)N(C(C)c4ccccc4)C3)CC2)c1. The van der Waals surface area contributed by atoms with Gasteiger partial charge in [0.15, 0.2) is 0 Å². The van der Waals surface area contributed by atoms with Crippen LogP contribution in [-0.2, 0) is 9.59 Å². The van der Waals surface area contributed by atoms with Crippen LogP contribution in [0.4, 0.5) is 0 Å². The molecule has 1 N–H and O–H groups in total. The summed E-state index contributed by atoms with van der Waals surface area (Å²) in [4.78, 5) is 41.9. The van der Waals surface area contributed by atoms with E-state index in [-0.39, 0.29) is 42.1 Å². The number of benzene rings is 2. The number of aryl methyl sites for hydroxylation is 1. The van der Waals surface area contributed by atoms with Crippen LogP contribution in [0, 0.1) is 12.8 Å². The molecule has 4 rings (SSSR count). The molecule has 2 saturated heterocycles. The molecule has 6 nitrogen and oxygen atoms in total. The van der Waals surface area contributed by atoms with Gasteiger partial charge >= 0.3 is 0 Å². The third kappa shape index (κ3) is 4.85. The van der Waals surface area contributed by atoms with Crippen molar-refractivity contribution in [3.8, 4) is 0 Å². The molecule has 2 fully saturated rings. The van der Waals surface area contributed by atoms with E-state index in [4.69, 9.17) is 0 Å². The molecule has 168 valence electrons. The van der Waals surface area contributed by atoms with Gasteiger partial charge in [0.1, 0.15) is 0 Å². The van der Waals surface area contributed by atoms with E-state index in [0.717, 1.165) is 24.0 Å². The average Bonchev–Trinajstić information content (AvgIpc) is 3.20. The second-order valence-electron chi connectivity index (χ2n) is 8.98. The van der Waals surface area contributed by atoms with Gasteiger partial charge in [0.2, 0.25) is 11.8 Å². The topological polar surface area (TPSA) is 69.7 Å². The van der Waals surface area contributed by atoms with Crippen molar-refractivity contribution in [2.24, 2.45) is 5.92 Å². The number of carbonyl (C=O) groups excluding carboxylic acids is 3. The number of rotatable bonds is 5. The second kappa shape index (κ2) is 9.55. The number of likely N-dealkylation sites (tertiary alicyclic amines) is 2. The highest BCUT2D eigenvalue weighted by Gasteiger charge is 2.39. The predicted molar refractivity (Wildman–Crippen MR) is 123 cm³/mol. The molecule has 2 aromatic rings. The minimum atomic E-state index is -0.285. The number of nitrogens with zero attached hydrogens (tertiary/aromatic N) is 2. The van der Waals surface area contributed by atoms with Gasteiger partial charge in [-0.3, -0.25) is 14.4 Å². The molecule has 2 aliphatic rings. The molecule has 32 heavy (non-hydrogen) atoms. The maximum Gasteiger partial charge on any atom is 0.251 e. The first-order valence-corrected chi connectivity index (χ1v) is 11.4. The lowest BCUT2D eigenvalue weighted by Crippen LogP contribution is -2.48. The van der Waals surface area contributed by atoms with Gasteiger partial charge in [-0.15, -0.1) is 0 Å². The molecule has 3 amide bonds. The molecule has 2 aromatic carbocycles. The van der Waals surface area contributed by atoms with Gasteiger partial charge < -0.3 is 15.1 Å². The van der Waals surface area contributed by atoms with Gasteiger partial charge in [-0.2, -0.15) is 0 Å². The molecule has 6 heteroatoms. The van der Waals surface area contributed by atoms with Crippen molar-refractivity contribution in [1.29, 1.82) is 0 Å².